The van der Waals surface area contributed by atoms with Crippen molar-refractivity contribution in [1.29, 1.82) is 5.26 Å². The highest BCUT2D eigenvalue weighted by atomic mass is 32.2. The standard InChI is InChI=1S/C21H15N5O6S3/c22-10-16-19(11-4-6-12(23)7-5-11)21(33-20(16)24)26-25-13-8-15-14(18(9-13)35(30,31)32)2-1-3-17(15)34(27,28)29/h1-9H,23-24H2,(H,27,28,29)(H,30,31,32). The molecule has 3 aromatic carbocycles. The Morgan fingerprint density at radius 3 is 2.11 bits per heavy atom. The van der Waals surface area contributed by atoms with Crippen LogP contribution in [0.25, 0.3) is 21.9 Å². The van der Waals surface area contributed by atoms with Crippen LogP contribution in [0.3, 0.4) is 0 Å². The number of azo groups is 1. The number of nitrogen functional groups attached to an aromatic ring is 2. The summed E-state index contributed by atoms with van der Waals surface area (Å²) >= 11 is 0.965. The van der Waals surface area contributed by atoms with Gasteiger partial charge >= 0.3 is 0 Å². The van der Waals surface area contributed by atoms with Gasteiger partial charge in [-0.15, -0.1) is 10.2 Å². The molecule has 14 heteroatoms. The van der Waals surface area contributed by atoms with Gasteiger partial charge < -0.3 is 11.5 Å². The first kappa shape index (κ1) is 24.3. The molecule has 4 rings (SSSR count). The molecule has 0 fully saturated rings. The fourth-order valence-corrected chi connectivity index (χ4v) is 5.73. The molecular formula is C21H15N5O6S3. The molecule has 178 valence electrons. The molecule has 6 N–H and O–H groups in total. The normalized spacial score (nSPS) is 12.3. The summed E-state index contributed by atoms with van der Waals surface area (Å²) in [6.07, 6.45) is 0. The van der Waals surface area contributed by atoms with Gasteiger partial charge in [0.2, 0.25) is 0 Å². The summed E-state index contributed by atoms with van der Waals surface area (Å²) in [5, 5.41) is 17.8. The van der Waals surface area contributed by atoms with Crippen molar-refractivity contribution >= 4 is 63.7 Å². The topological polar surface area (TPSA) is 209 Å². The maximum Gasteiger partial charge on any atom is 0.295 e. The van der Waals surface area contributed by atoms with Crippen molar-refractivity contribution < 1.29 is 25.9 Å². The second kappa shape index (κ2) is 8.73. The summed E-state index contributed by atoms with van der Waals surface area (Å²) < 4.78 is 66.9. The van der Waals surface area contributed by atoms with Crippen LogP contribution < -0.4 is 11.5 Å². The van der Waals surface area contributed by atoms with Gasteiger partial charge in [0.25, 0.3) is 20.2 Å². The minimum absolute atomic E-state index is 0.142. The van der Waals surface area contributed by atoms with E-state index < -0.39 is 30.0 Å². The van der Waals surface area contributed by atoms with Crippen LogP contribution in [0.15, 0.2) is 74.6 Å². The maximum atomic E-state index is 12.0. The van der Waals surface area contributed by atoms with E-state index in [9.17, 15) is 31.2 Å². The third-order valence-electron chi connectivity index (χ3n) is 4.94. The van der Waals surface area contributed by atoms with Gasteiger partial charge in [-0.2, -0.15) is 22.1 Å². The lowest BCUT2D eigenvalue weighted by Gasteiger charge is -2.08. The summed E-state index contributed by atoms with van der Waals surface area (Å²) in [4.78, 5) is -1.21. The monoisotopic (exact) mass is 529 g/mol. The molecule has 0 radical (unpaired) electrons. The fraction of sp³-hybridized carbons (Fsp3) is 0. The number of thiophene rings is 1. The predicted molar refractivity (Wildman–Crippen MR) is 131 cm³/mol. The molecule has 0 spiro atoms. The smallest absolute Gasteiger partial charge is 0.295 e. The largest absolute Gasteiger partial charge is 0.399 e. The quantitative estimate of drug-likeness (QED) is 0.162. The Morgan fingerprint density at radius 2 is 1.51 bits per heavy atom. The van der Waals surface area contributed by atoms with Gasteiger partial charge in [-0.05, 0) is 35.9 Å². The molecule has 0 saturated heterocycles. The van der Waals surface area contributed by atoms with Gasteiger partial charge in [0.15, 0.2) is 0 Å². The van der Waals surface area contributed by atoms with Gasteiger partial charge in [-0.25, -0.2) is 0 Å². The van der Waals surface area contributed by atoms with Crippen LogP contribution >= 0.6 is 11.3 Å². The Morgan fingerprint density at radius 1 is 0.857 bits per heavy atom. The van der Waals surface area contributed by atoms with Crippen molar-refractivity contribution in [1.82, 2.24) is 0 Å². The van der Waals surface area contributed by atoms with Crippen LogP contribution in [0, 0.1) is 11.3 Å². The fourth-order valence-electron chi connectivity index (χ4n) is 3.44. The van der Waals surface area contributed by atoms with Crippen molar-refractivity contribution in [3.63, 3.8) is 0 Å². The minimum Gasteiger partial charge on any atom is -0.399 e. The van der Waals surface area contributed by atoms with Gasteiger partial charge in [-0.1, -0.05) is 35.6 Å². The predicted octanol–water partition coefficient (Wildman–Crippen LogP) is 4.51. The molecule has 0 amide bonds. The van der Waals surface area contributed by atoms with E-state index in [1.165, 1.54) is 18.2 Å². The van der Waals surface area contributed by atoms with Crippen LogP contribution in [0.1, 0.15) is 5.56 Å². The van der Waals surface area contributed by atoms with Crippen molar-refractivity contribution in [2.24, 2.45) is 10.2 Å². The van der Waals surface area contributed by atoms with E-state index >= 15 is 0 Å². The summed E-state index contributed by atoms with van der Waals surface area (Å²) in [7, 11) is -9.55. The van der Waals surface area contributed by atoms with E-state index in [0.717, 1.165) is 23.5 Å². The summed E-state index contributed by atoms with van der Waals surface area (Å²) in [6.45, 7) is 0. The molecule has 35 heavy (non-hydrogen) atoms. The molecule has 0 saturated carbocycles. The van der Waals surface area contributed by atoms with Gasteiger partial charge in [0, 0.05) is 22.0 Å². The number of nitriles is 1. The SMILES string of the molecule is N#Cc1c(N)sc(N=Nc2cc(S(=O)(=O)O)c3cccc(S(=O)(=O)O)c3c2)c1-c1ccc(N)cc1. The van der Waals surface area contributed by atoms with Crippen LogP contribution in [0.4, 0.5) is 21.4 Å². The number of nitrogens with zero attached hydrogens (tertiary/aromatic N) is 3. The first-order valence-corrected chi connectivity index (χ1v) is 13.2. The second-order valence-electron chi connectivity index (χ2n) is 7.20. The number of hydrogen-bond acceptors (Lipinski definition) is 10. The molecule has 4 aromatic rings. The number of rotatable bonds is 5. The summed E-state index contributed by atoms with van der Waals surface area (Å²) in [6, 6.07) is 14.4. The lowest BCUT2D eigenvalue weighted by atomic mass is 10.0. The lowest BCUT2D eigenvalue weighted by Crippen LogP contribution is -2.03. The highest BCUT2D eigenvalue weighted by Gasteiger charge is 2.22. The molecule has 1 heterocycles. The molecule has 11 nitrogen and oxygen atoms in total. The number of benzene rings is 3. The lowest BCUT2D eigenvalue weighted by molar-refractivity contribution is 0.481. The van der Waals surface area contributed by atoms with E-state index in [1.807, 2.05) is 6.07 Å². The van der Waals surface area contributed by atoms with Gasteiger partial charge in [0.1, 0.15) is 25.9 Å². The molecule has 0 aliphatic heterocycles. The Balaban J connectivity index is 1.94. The van der Waals surface area contributed by atoms with Crippen LogP contribution in [0.2, 0.25) is 0 Å². The van der Waals surface area contributed by atoms with Gasteiger partial charge in [0.05, 0.1) is 11.3 Å². The summed E-state index contributed by atoms with van der Waals surface area (Å²) in [5.74, 6) is 0. The van der Waals surface area contributed by atoms with Gasteiger partial charge in [-0.3, -0.25) is 9.11 Å². The Hall–Kier alpha value is -3.87. The Kier molecular flexibility index (Phi) is 6.05. The number of hydrogen-bond donors (Lipinski definition) is 4. The average Bonchev–Trinajstić information content (AvgIpc) is 3.11. The zero-order chi connectivity index (χ0) is 25.5. The van der Waals surface area contributed by atoms with E-state index in [1.54, 1.807) is 24.3 Å². The molecule has 0 aliphatic rings. The third-order valence-corrected chi connectivity index (χ3v) is 7.65. The molecule has 0 atom stereocenters. The van der Waals surface area contributed by atoms with E-state index in [2.05, 4.69) is 10.2 Å². The van der Waals surface area contributed by atoms with Crippen LogP contribution in [-0.4, -0.2) is 25.9 Å². The van der Waals surface area contributed by atoms with Crippen molar-refractivity contribution in [2.45, 2.75) is 9.79 Å². The molecule has 0 aliphatic carbocycles. The van der Waals surface area contributed by atoms with Crippen LogP contribution in [0.5, 0.6) is 0 Å². The highest BCUT2D eigenvalue weighted by Crippen LogP contribution is 2.45. The third kappa shape index (κ3) is 4.71. The molecule has 0 bridgehead atoms. The molecular weight excluding hydrogens is 514 g/mol. The van der Waals surface area contributed by atoms with Crippen LogP contribution in [-0.2, 0) is 20.2 Å². The zero-order valence-corrected chi connectivity index (χ0v) is 19.9. The maximum absolute atomic E-state index is 12.0. The Labute approximate surface area is 203 Å². The minimum atomic E-state index is -4.81. The first-order chi connectivity index (χ1) is 16.4. The van der Waals surface area contributed by atoms with E-state index in [-0.39, 0.29) is 32.0 Å². The van der Waals surface area contributed by atoms with Crippen molar-refractivity contribution in [2.75, 3.05) is 11.5 Å². The zero-order valence-electron chi connectivity index (χ0n) is 17.4. The number of nitrogens with two attached hydrogens (primary N) is 2. The molecule has 0 unspecified atom stereocenters. The van der Waals surface area contributed by atoms with E-state index in [4.69, 9.17) is 11.5 Å². The number of anilines is 2. The first-order valence-electron chi connectivity index (χ1n) is 9.52. The summed E-state index contributed by atoms with van der Waals surface area (Å²) in [5.41, 5.74) is 13.2. The Bertz CT molecular complexity index is 1770. The molecule has 1 aromatic heterocycles. The number of fused-ring (bicyclic) bond motifs is 1. The average molecular weight is 530 g/mol. The van der Waals surface area contributed by atoms with Crippen molar-refractivity contribution in [3.8, 4) is 17.2 Å². The van der Waals surface area contributed by atoms with Crippen molar-refractivity contribution in [3.05, 3.63) is 60.2 Å². The highest BCUT2D eigenvalue weighted by molar-refractivity contribution is 7.86. The second-order valence-corrected chi connectivity index (χ2v) is 11.0. The van der Waals surface area contributed by atoms with E-state index in [0.29, 0.717) is 16.8 Å².